The molecule has 0 radical (unpaired) electrons. The number of benzene rings is 2. The van der Waals surface area contributed by atoms with Crippen molar-refractivity contribution in [2.75, 3.05) is 38.8 Å². The lowest BCUT2D eigenvalue weighted by Gasteiger charge is -2.21. The number of ketones is 3. The molecule has 1 aromatic heterocycles. The number of nitrogens with zero attached hydrogens (tertiary/aromatic N) is 2. The van der Waals surface area contributed by atoms with Crippen LogP contribution in [0.5, 0.6) is 0 Å². The van der Waals surface area contributed by atoms with Crippen LogP contribution in [0.3, 0.4) is 0 Å². The molecule has 0 spiro atoms. The number of amides is 4. The Kier molecular flexibility index (Phi) is 35.1. The molecular weight excluding hydrogens is 1130 g/mol. The number of nitrogens with one attached hydrogen (secondary N) is 4. The number of hydrogen-bond acceptors (Lipinski definition) is 14. The third kappa shape index (κ3) is 28.7. The van der Waals surface area contributed by atoms with E-state index in [0.717, 1.165) is 59.4 Å². The number of nitrogens with two attached hydrogens (primary N) is 1. The number of aromatic nitrogens is 2. The van der Waals surface area contributed by atoms with Gasteiger partial charge in [0.15, 0.2) is 11.6 Å². The number of esters is 1. The maximum Gasteiger partial charge on any atom is 0.308 e. The predicted octanol–water partition coefficient (Wildman–Crippen LogP) is 9.14. The van der Waals surface area contributed by atoms with E-state index in [-0.39, 0.29) is 90.3 Å². The summed E-state index contributed by atoms with van der Waals surface area (Å²) in [6.07, 6.45) is 3.41. The van der Waals surface area contributed by atoms with Gasteiger partial charge in [0.1, 0.15) is 12.4 Å². The van der Waals surface area contributed by atoms with Gasteiger partial charge >= 0.3 is 5.97 Å². The lowest BCUT2D eigenvalue weighted by atomic mass is 9.91. The molecule has 4 atom stereocenters. The van der Waals surface area contributed by atoms with Crippen LogP contribution in [0.4, 0.5) is 5.69 Å². The van der Waals surface area contributed by atoms with Gasteiger partial charge in [-0.1, -0.05) is 127 Å². The van der Waals surface area contributed by atoms with Crippen molar-refractivity contribution in [2.45, 2.75) is 163 Å². The molecule has 0 aliphatic heterocycles. The van der Waals surface area contributed by atoms with Crippen LogP contribution in [0.25, 0.3) is 11.0 Å². The number of hydrogen-bond donors (Lipinski definition) is 5. The van der Waals surface area contributed by atoms with Gasteiger partial charge in [-0.3, -0.25) is 38.4 Å². The molecular formula is C58H89Br2N7O11. The lowest BCUT2D eigenvalue weighted by molar-refractivity contribution is -0.148. The van der Waals surface area contributed by atoms with Gasteiger partial charge in [0.05, 0.1) is 66.7 Å². The number of halogens is 2. The fraction of sp³-hybridized carbons (Fsp3) is 0.621. The van der Waals surface area contributed by atoms with E-state index in [9.17, 15) is 38.4 Å². The molecule has 0 saturated heterocycles. The molecule has 0 bridgehead atoms. The van der Waals surface area contributed by atoms with Gasteiger partial charge in [-0.25, -0.2) is 9.97 Å². The fourth-order valence-electron chi connectivity index (χ4n) is 7.55. The second-order valence-electron chi connectivity index (χ2n) is 21.0. The van der Waals surface area contributed by atoms with Gasteiger partial charge in [-0.2, -0.15) is 0 Å². The average Bonchev–Trinajstić information content (AvgIpc) is 3.38. The SMILES string of the molecule is CC(C)C(=O)c1ccc2nc(CBr)c(CBr)nc2c1.CC(C)N[C@@H](C)C(=O)C[C@@H](C)C(=O)N[C@@H](CC(N)=O)C(=O)C(C)C.COCCOCCC(=O)NCCCC[C@H](CC(C)C)C(=O)Nc1ccc(COC(=O)C(C)C)cc1. The number of carbonyl (C=O) groups excluding carboxylic acids is 8. The van der Waals surface area contributed by atoms with Gasteiger partial charge < -0.3 is 41.2 Å². The third-order valence-corrected chi connectivity index (χ3v) is 13.0. The molecule has 0 saturated carbocycles. The van der Waals surface area contributed by atoms with Crippen molar-refractivity contribution in [1.82, 2.24) is 25.9 Å². The predicted molar refractivity (Wildman–Crippen MR) is 313 cm³/mol. The number of ether oxygens (including phenoxy) is 3. The van der Waals surface area contributed by atoms with Gasteiger partial charge in [0, 0.05) is 78.1 Å². The third-order valence-electron chi connectivity index (χ3n) is 11.9. The van der Waals surface area contributed by atoms with Crippen LogP contribution >= 0.6 is 31.9 Å². The topological polar surface area (TPSA) is 264 Å². The molecule has 3 aromatic rings. The highest BCUT2D eigenvalue weighted by Gasteiger charge is 2.28. The Morgan fingerprint density at radius 1 is 0.705 bits per heavy atom. The summed E-state index contributed by atoms with van der Waals surface area (Å²) < 4.78 is 15.4. The van der Waals surface area contributed by atoms with E-state index in [1.54, 1.807) is 48.7 Å². The number of carbonyl (C=O) groups is 8. The van der Waals surface area contributed by atoms with Gasteiger partial charge in [-0.15, -0.1) is 0 Å². The molecule has 20 heteroatoms. The van der Waals surface area contributed by atoms with E-state index in [1.807, 2.05) is 70.2 Å². The summed E-state index contributed by atoms with van der Waals surface area (Å²) in [7, 11) is 1.61. The molecule has 0 fully saturated rings. The first kappa shape index (κ1) is 71.0. The van der Waals surface area contributed by atoms with E-state index in [0.29, 0.717) is 54.9 Å². The van der Waals surface area contributed by atoms with Crippen molar-refractivity contribution in [3.8, 4) is 0 Å². The number of methoxy groups -OCH3 is 1. The first-order valence-corrected chi connectivity index (χ1v) is 29.3. The normalized spacial score (nSPS) is 12.7. The number of unbranched alkanes of at least 4 members (excludes halogenated alkanes) is 1. The van der Waals surface area contributed by atoms with Crippen molar-refractivity contribution in [1.29, 1.82) is 0 Å². The summed E-state index contributed by atoms with van der Waals surface area (Å²) >= 11 is 6.83. The van der Waals surface area contributed by atoms with Crippen LogP contribution < -0.4 is 27.0 Å². The monoisotopic (exact) mass is 1220 g/mol. The summed E-state index contributed by atoms with van der Waals surface area (Å²) in [5.41, 5.74) is 10.9. The summed E-state index contributed by atoms with van der Waals surface area (Å²) in [5.74, 6) is -2.32. The first-order chi connectivity index (χ1) is 36.7. The molecule has 1 heterocycles. The minimum Gasteiger partial charge on any atom is -0.461 e. The quantitative estimate of drug-likeness (QED) is 0.0165. The molecule has 0 aliphatic carbocycles. The molecule has 4 amide bonds. The maximum absolute atomic E-state index is 12.9. The molecule has 3 rings (SSSR count). The van der Waals surface area contributed by atoms with Crippen molar-refractivity contribution >= 4 is 95.5 Å². The zero-order valence-electron chi connectivity index (χ0n) is 48.4. The average molecular weight is 1220 g/mol. The summed E-state index contributed by atoms with van der Waals surface area (Å²) in [5, 5.41) is 12.9. The highest BCUT2D eigenvalue weighted by molar-refractivity contribution is 9.09. The number of rotatable bonds is 33. The minimum atomic E-state index is -0.946. The second-order valence-corrected chi connectivity index (χ2v) is 22.1. The van der Waals surface area contributed by atoms with E-state index in [1.165, 1.54) is 0 Å². The fourth-order valence-corrected chi connectivity index (χ4v) is 8.45. The smallest absolute Gasteiger partial charge is 0.308 e. The Balaban J connectivity index is 0.000000616. The lowest BCUT2D eigenvalue weighted by Crippen LogP contribution is -2.47. The second kappa shape index (κ2) is 38.6. The molecule has 78 heavy (non-hydrogen) atoms. The van der Waals surface area contributed by atoms with Crippen LogP contribution in [0.1, 0.15) is 155 Å². The van der Waals surface area contributed by atoms with Gasteiger partial charge in [0.25, 0.3) is 0 Å². The van der Waals surface area contributed by atoms with E-state index in [2.05, 4.69) is 76.9 Å². The number of alkyl halides is 2. The largest absolute Gasteiger partial charge is 0.461 e. The van der Waals surface area contributed by atoms with Crippen LogP contribution in [0.2, 0.25) is 0 Å². The Bertz CT molecular complexity index is 2360. The highest BCUT2D eigenvalue weighted by Crippen LogP contribution is 2.23. The van der Waals surface area contributed by atoms with Crippen molar-refractivity contribution in [2.24, 2.45) is 41.2 Å². The molecule has 6 N–H and O–H groups in total. The number of fused-ring (bicyclic) bond motifs is 1. The summed E-state index contributed by atoms with van der Waals surface area (Å²) in [6.45, 7) is 24.5. The van der Waals surface area contributed by atoms with E-state index >= 15 is 0 Å². The van der Waals surface area contributed by atoms with Crippen molar-refractivity contribution in [3.05, 3.63) is 65.0 Å². The zero-order chi connectivity index (χ0) is 59.1. The van der Waals surface area contributed by atoms with E-state index < -0.39 is 23.8 Å². The molecule has 2 aromatic carbocycles. The minimum absolute atomic E-state index is 0.00919. The Morgan fingerprint density at radius 2 is 1.33 bits per heavy atom. The highest BCUT2D eigenvalue weighted by atomic mass is 79.9. The number of anilines is 1. The van der Waals surface area contributed by atoms with Crippen LogP contribution in [0, 0.1) is 35.5 Å². The van der Waals surface area contributed by atoms with Crippen molar-refractivity contribution < 1.29 is 52.6 Å². The van der Waals surface area contributed by atoms with E-state index in [4.69, 9.17) is 19.9 Å². The van der Waals surface area contributed by atoms with Crippen LogP contribution in [-0.2, 0) is 65.0 Å². The van der Waals surface area contributed by atoms with Crippen LogP contribution in [0.15, 0.2) is 42.5 Å². The zero-order valence-corrected chi connectivity index (χ0v) is 51.5. The Labute approximate surface area is 480 Å². The first-order valence-electron chi connectivity index (χ1n) is 27.0. The number of primary amides is 1. The summed E-state index contributed by atoms with van der Waals surface area (Å²) in [4.78, 5) is 105. The summed E-state index contributed by atoms with van der Waals surface area (Å²) in [6, 6.07) is 11.8. The molecule has 18 nitrogen and oxygen atoms in total. The van der Waals surface area contributed by atoms with Gasteiger partial charge in [0.2, 0.25) is 23.6 Å². The molecule has 0 unspecified atom stereocenters. The maximum atomic E-state index is 12.9. The van der Waals surface area contributed by atoms with Crippen LogP contribution in [-0.4, -0.2) is 109 Å². The van der Waals surface area contributed by atoms with Crippen molar-refractivity contribution in [3.63, 3.8) is 0 Å². The molecule has 436 valence electrons. The Hall–Kier alpha value is -5.02. The molecule has 0 aliphatic rings. The Morgan fingerprint density at radius 3 is 1.87 bits per heavy atom. The van der Waals surface area contributed by atoms with Gasteiger partial charge in [-0.05, 0) is 68.0 Å². The number of Topliss-reactive ketones (excluding diaryl/α,β-unsaturated/α-hetero) is 3. The standard InChI is InChI=1S/C27H44N2O6.C17H31N3O4.C14H14Br2N2O/c1-20(2)18-23(8-6-7-14-28-25(30)13-15-34-17-16-33-5)26(31)29-24-11-9-22(10-12-24)19-35-27(32)21(3)4;1-9(2)16(23)13(8-15(18)22)20-17(24)11(5)7-14(21)12(6)19-10(3)4;1-8(2)14(19)9-3-4-10-11(5-9)18-13(7-16)12(6-15)17-10/h9-12,20-21,23H,6-8,13-19H2,1-5H3,(H,28,30)(H,29,31);9-13,19H,7-8H2,1-6H3,(H2,18,22)(H,20,24);3-5,8H,6-7H2,1-2H3/t23-;11-,12+,13+;/m11./s1.